The Labute approximate surface area is 127 Å². The second-order valence-corrected chi connectivity index (χ2v) is 5.03. The Morgan fingerprint density at radius 3 is 1.53 bits per heavy atom. The Kier molecular flexibility index (Phi) is 8.39. The zero-order valence-electron chi connectivity index (χ0n) is 12.5. The normalized spacial score (nSPS) is 11.4. The predicted octanol–water partition coefficient (Wildman–Crippen LogP) is 5.36. The van der Waals surface area contributed by atoms with Gasteiger partial charge in [0.2, 0.25) is 0 Å². The average Bonchev–Trinajstić information content (AvgIpc) is 2.50. The fourth-order valence-corrected chi connectivity index (χ4v) is 1.96. The Bertz CT molecular complexity index is 384. The minimum Gasteiger partial charge on any atom is -0.0622 e. The standard InChI is InChI=1S/C12H10.C6H13.Li/c1-3-7-11(8-4-1)12-9-5-2-6-10-12;1-4-6(3)5-2;/h1-10H;6H,1,4-5H2,2-3H3;. The van der Waals surface area contributed by atoms with Gasteiger partial charge in [0.1, 0.15) is 0 Å². The molecule has 0 aliphatic heterocycles. The van der Waals surface area contributed by atoms with E-state index in [2.05, 4.69) is 80.1 Å². The van der Waals surface area contributed by atoms with Crippen molar-refractivity contribution in [1.82, 2.24) is 0 Å². The Morgan fingerprint density at radius 2 is 1.26 bits per heavy atom. The van der Waals surface area contributed by atoms with E-state index < -0.39 is 0 Å². The van der Waals surface area contributed by atoms with E-state index in [1.807, 2.05) is 12.1 Å². The Hall–Kier alpha value is -0.963. The van der Waals surface area contributed by atoms with E-state index in [1.54, 1.807) is 0 Å². The molecule has 1 atom stereocenters. The monoisotopic (exact) mass is 246 g/mol. The molecule has 96 valence electrons. The predicted molar refractivity (Wildman–Crippen MR) is 86.5 cm³/mol. The fraction of sp³-hybridized carbons (Fsp3) is 0.333. The number of rotatable bonds is 4. The molecule has 0 fully saturated rings. The SMILES string of the molecule is [Li][CH2]CC(C)CC.c1ccc(-c2ccccc2)cc1. The minimum atomic E-state index is 0.949. The summed E-state index contributed by atoms with van der Waals surface area (Å²) in [4.78, 5) is 0. The van der Waals surface area contributed by atoms with E-state index in [4.69, 9.17) is 0 Å². The topological polar surface area (TPSA) is 0 Å². The van der Waals surface area contributed by atoms with Crippen LogP contribution < -0.4 is 0 Å². The third kappa shape index (κ3) is 6.67. The maximum absolute atomic E-state index is 2.31. The van der Waals surface area contributed by atoms with Crippen molar-refractivity contribution >= 4 is 17.7 Å². The van der Waals surface area contributed by atoms with Crippen molar-refractivity contribution in [2.24, 2.45) is 5.92 Å². The second-order valence-electron chi connectivity index (χ2n) is 5.03. The van der Waals surface area contributed by atoms with Crippen LogP contribution in [0.2, 0.25) is 5.09 Å². The van der Waals surface area contributed by atoms with Crippen molar-refractivity contribution in [3.8, 4) is 11.1 Å². The van der Waals surface area contributed by atoms with Gasteiger partial charge in [-0.25, -0.2) is 0 Å². The van der Waals surface area contributed by atoms with Gasteiger partial charge in [0.25, 0.3) is 0 Å². The van der Waals surface area contributed by atoms with Crippen LogP contribution in [-0.2, 0) is 0 Å². The first-order valence-electron chi connectivity index (χ1n) is 7.38. The molecule has 0 N–H and O–H groups in total. The van der Waals surface area contributed by atoms with E-state index in [-0.39, 0.29) is 0 Å². The van der Waals surface area contributed by atoms with E-state index in [0.29, 0.717) is 0 Å². The maximum atomic E-state index is 2.31. The van der Waals surface area contributed by atoms with Crippen LogP contribution in [0.1, 0.15) is 26.7 Å². The second kappa shape index (κ2) is 9.90. The Morgan fingerprint density at radius 1 is 0.842 bits per heavy atom. The van der Waals surface area contributed by atoms with E-state index in [0.717, 1.165) is 5.92 Å². The largest absolute Gasteiger partial charge is 0.0622 e. The van der Waals surface area contributed by atoms with Crippen LogP contribution in [0.4, 0.5) is 0 Å². The van der Waals surface area contributed by atoms with Crippen LogP contribution in [-0.4, -0.2) is 17.7 Å². The molecule has 0 saturated heterocycles. The molecule has 2 aromatic carbocycles. The molecule has 0 aliphatic carbocycles. The van der Waals surface area contributed by atoms with Gasteiger partial charge in [0.15, 0.2) is 0 Å². The molecule has 0 aromatic heterocycles. The fourth-order valence-electron chi connectivity index (χ4n) is 1.96. The van der Waals surface area contributed by atoms with Crippen LogP contribution in [0.3, 0.4) is 0 Å². The van der Waals surface area contributed by atoms with Gasteiger partial charge in [-0.2, -0.15) is 0 Å². The molecule has 1 heteroatoms. The molecule has 0 aliphatic rings. The van der Waals surface area contributed by atoms with Gasteiger partial charge in [-0.15, -0.1) is 0 Å². The van der Waals surface area contributed by atoms with Crippen LogP contribution in [0, 0.1) is 5.92 Å². The molecule has 0 spiro atoms. The summed E-state index contributed by atoms with van der Waals surface area (Å²) in [6, 6.07) is 20.8. The molecule has 0 amide bonds. The number of hydrogen-bond donors (Lipinski definition) is 0. The van der Waals surface area contributed by atoms with Gasteiger partial charge in [-0.3, -0.25) is 0 Å². The summed E-state index contributed by atoms with van der Waals surface area (Å²) in [5, 5.41) is 1.34. The van der Waals surface area contributed by atoms with Crippen LogP contribution >= 0.6 is 0 Å². The molecule has 0 bridgehead atoms. The van der Waals surface area contributed by atoms with Gasteiger partial charge < -0.3 is 0 Å². The van der Waals surface area contributed by atoms with Gasteiger partial charge in [-0.1, -0.05) is 60.7 Å². The number of benzene rings is 2. The average molecular weight is 246 g/mol. The molecule has 0 heterocycles. The molecule has 2 aromatic rings. The van der Waals surface area contributed by atoms with Crippen LogP contribution in [0.25, 0.3) is 11.1 Å². The van der Waals surface area contributed by atoms with Crippen molar-refractivity contribution < 1.29 is 0 Å². The summed E-state index contributed by atoms with van der Waals surface area (Å²) in [7, 11) is 0. The first-order valence-corrected chi connectivity index (χ1v) is 7.38. The Balaban J connectivity index is 0.000000224. The summed E-state index contributed by atoms with van der Waals surface area (Å²) < 4.78 is 0. The molecule has 2 rings (SSSR count). The van der Waals surface area contributed by atoms with Crippen molar-refractivity contribution in [2.75, 3.05) is 0 Å². The molecular formula is C18H23Li. The summed E-state index contributed by atoms with van der Waals surface area (Å²) in [5.41, 5.74) is 2.55. The van der Waals surface area contributed by atoms with Gasteiger partial charge in [-0.05, 0) is 11.1 Å². The third-order valence-corrected chi connectivity index (χ3v) is 3.36. The summed E-state index contributed by atoms with van der Waals surface area (Å²) >= 11 is 2.24. The van der Waals surface area contributed by atoms with Gasteiger partial charge in [0.05, 0.1) is 0 Å². The van der Waals surface area contributed by atoms with E-state index >= 15 is 0 Å². The summed E-state index contributed by atoms with van der Waals surface area (Å²) in [6.07, 6.45) is 2.74. The zero-order valence-corrected chi connectivity index (χ0v) is 12.5. The van der Waals surface area contributed by atoms with Crippen molar-refractivity contribution in [2.45, 2.75) is 31.8 Å². The molecule has 19 heavy (non-hydrogen) atoms. The van der Waals surface area contributed by atoms with E-state index in [1.165, 1.54) is 29.1 Å². The van der Waals surface area contributed by atoms with Crippen molar-refractivity contribution in [3.63, 3.8) is 0 Å². The molecule has 0 nitrogen and oxygen atoms in total. The van der Waals surface area contributed by atoms with Crippen LogP contribution in [0.15, 0.2) is 60.7 Å². The quantitative estimate of drug-likeness (QED) is 0.637. The zero-order chi connectivity index (χ0) is 13.9. The summed E-state index contributed by atoms with van der Waals surface area (Å²) in [6.45, 7) is 4.56. The molecular weight excluding hydrogens is 223 g/mol. The third-order valence-electron chi connectivity index (χ3n) is 3.36. The first-order chi connectivity index (χ1) is 9.27. The summed E-state index contributed by atoms with van der Waals surface area (Å²) in [5.74, 6) is 0.949. The molecule has 1 unspecified atom stereocenters. The van der Waals surface area contributed by atoms with E-state index in [9.17, 15) is 0 Å². The minimum absolute atomic E-state index is 0.949. The molecule has 0 saturated carbocycles. The number of hydrogen-bond acceptors (Lipinski definition) is 0. The maximum Gasteiger partial charge on any atom is -0.0184 e. The first kappa shape index (κ1) is 16.1. The van der Waals surface area contributed by atoms with Crippen molar-refractivity contribution in [3.05, 3.63) is 60.7 Å². The van der Waals surface area contributed by atoms with Crippen molar-refractivity contribution in [1.29, 1.82) is 0 Å². The van der Waals surface area contributed by atoms with Crippen LogP contribution in [0.5, 0.6) is 0 Å². The van der Waals surface area contributed by atoms with Gasteiger partial charge >= 0.3 is 55.4 Å². The molecule has 0 radical (unpaired) electrons. The van der Waals surface area contributed by atoms with Gasteiger partial charge in [0, 0.05) is 0 Å². The smallest absolute Gasteiger partial charge is 0.0184 e.